The lowest BCUT2D eigenvalue weighted by Crippen LogP contribution is -2.13. The molecule has 0 aliphatic carbocycles. The van der Waals surface area contributed by atoms with Crippen LogP contribution in [-0.4, -0.2) is 15.9 Å². The monoisotopic (exact) mass is 355 g/mol. The van der Waals surface area contributed by atoms with Gasteiger partial charge in [0.2, 0.25) is 0 Å². The molecule has 0 saturated carbocycles. The van der Waals surface area contributed by atoms with Crippen molar-refractivity contribution < 1.29 is 4.79 Å². The molecular weight excluding hydrogens is 350 g/mol. The number of hydrogen-bond donors (Lipinski definition) is 1. The Kier molecular flexibility index (Phi) is 3.86. The normalized spacial score (nSPS) is 10.0. The van der Waals surface area contributed by atoms with Gasteiger partial charge in [0, 0.05) is 5.56 Å². The Balaban J connectivity index is 2.19. The first-order valence-corrected chi connectivity index (χ1v) is 6.30. The third kappa shape index (κ3) is 3.10. The van der Waals surface area contributed by atoms with E-state index in [2.05, 4.69) is 47.1 Å². The lowest BCUT2D eigenvalue weighted by molar-refractivity contribution is 0.102. The fourth-order valence-corrected chi connectivity index (χ4v) is 2.11. The van der Waals surface area contributed by atoms with Crippen LogP contribution in [0.2, 0.25) is 0 Å². The van der Waals surface area contributed by atoms with Crippen molar-refractivity contribution in [2.24, 2.45) is 0 Å². The second-order valence-electron chi connectivity index (χ2n) is 3.15. The Morgan fingerprint density at radius 3 is 2.53 bits per heavy atom. The average Bonchev–Trinajstić information content (AvgIpc) is 2.34. The number of aromatic nitrogens is 2. The molecule has 0 unspecified atom stereocenters. The fraction of sp³-hybridized carbons (Fsp3) is 0. The van der Waals surface area contributed by atoms with Gasteiger partial charge in [0.25, 0.3) is 5.91 Å². The summed E-state index contributed by atoms with van der Waals surface area (Å²) in [7, 11) is 0. The summed E-state index contributed by atoms with van der Waals surface area (Å²) in [5.74, 6) is 0.171. The largest absolute Gasteiger partial charge is 0.304 e. The molecule has 0 spiro atoms. The molecule has 0 bridgehead atoms. The van der Waals surface area contributed by atoms with E-state index in [1.54, 1.807) is 24.3 Å². The number of carbonyl (C=O) groups is 1. The second-order valence-corrected chi connectivity index (χ2v) is 4.72. The van der Waals surface area contributed by atoms with Crippen LogP contribution in [0.15, 0.2) is 45.7 Å². The molecule has 1 amide bonds. The standard InChI is InChI=1S/C11H7Br2N3O/c12-8-6-14-10(9(13)15-8)16-11(17)7-4-2-1-3-5-7/h1-6H,(H,14,16,17). The highest BCUT2D eigenvalue weighted by Crippen LogP contribution is 2.19. The quantitative estimate of drug-likeness (QED) is 0.898. The predicted octanol–water partition coefficient (Wildman–Crippen LogP) is 3.25. The molecule has 2 aromatic rings. The van der Waals surface area contributed by atoms with Crippen LogP contribution >= 0.6 is 31.9 Å². The van der Waals surface area contributed by atoms with Crippen LogP contribution < -0.4 is 5.32 Å². The molecule has 0 aliphatic rings. The van der Waals surface area contributed by atoms with E-state index in [0.717, 1.165) is 0 Å². The van der Waals surface area contributed by atoms with Gasteiger partial charge >= 0.3 is 0 Å². The third-order valence-corrected chi connectivity index (χ3v) is 2.90. The Morgan fingerprint density at radius 2 is 1.88 bits per heavy atom. The average molecular weight is 357 g/mol. The highest BCUT2D eigenvalue weighted by atomic mass is 79.9. The van der Waals surface area contributed by atoms with Crippen molar-refractivity contribution in [3.8, 4) is 0 Å². The maximum Gasteiger partial charge on any atom is 0.256 e. The molecule has 1 heterocycles. The van der Waals surface area contributed by atoms with E-state index in [9.17, 15) is 4.79 Å². The minimum atomic E-state index is -0.220. The van der Waals surface area contributed by atoms with Crippen molar-refractivity contribution in [3.63, 3.8) is 0 Å². The van der Waals surface area contributed by atoms with Gasteiger partial charge in [-0.2, -0.15) is 0 Å². The number of hydrogen-bond acceptors (Lipinski definition) is 3. The van der Waals surface area contributed by atoms with Crippen LogP contribution in [0.25, 0.3) is 0 Å². The van der Waals surface area contributed by atoms with Gasteiger partial charge in [-0.1, -0.05) is 18.2 Å². The number of amides is 1. The molecular formula is C11H7Br2N3O. The van der Waals surface area contributed by atoms with Gasteiger partial charge in [-0.3, -0.25) is 4.79 Å². The molecule has 1 aromatic heterocycles. The summed E-state index contributed by atoms with van der Waals surface area (Å²) in [5.41, 5.74) is 0.573. The molecule has 86 valence electrons. The number of anilines is 1. The number of rotatable bonds is 2. The van der Waals surface area contributed by atoms with Crippen molar-refractivity contribution in [2.45, 2.75) is 0 Å². The predicted molar refractivity (Wildman–Crippen MR) is 71.8 cm³/mol. The maximum absolute atomic E-state index is 11.8. The summed E-state index contributed by atoms with van der Waals surface area (Å²) >= 11 is 6.42. The fourth-order valence-electron chi connectivity index (χ4n) is 1.20. The van der Waals surface area contributed by atoms with Gasteiger partial charge in [-0.25, -0.2) is 9.97 Å². The highest BCUT2D eigenvalue weighted by Gasteiger charge is 2.09. The molecule has 17 heavy (non-hydrogen) atoms. The Bertz CT molecular complexity index is 546. The molecule has 0 radical (unpaired) electrons. The van der Waals surface area contributed by atoms with Crippen molar-refractivity contribution in [1.29, 1.82) is 0 Å². The topological polar surface area (TPSA) is 54.9 Å². The first kappa shape index (κ1) is 12.2. The van der Waals surface area contributed by atoms with E-state index in [-0.39, 0.29) is 5.91 Å². The van der Waals surface area contributed by atoms with Gasteiger partial charge in [-0.15, -0.1) is 0 Å². The van der Waals surface area contributed by atoms with Crippen molar-refractivity contribution in [1.82, 2.24) is 9.97 Å². The molecule has 0 aliphatic heterocycles. The molecule has 0 atom stereocenters. The van der Waals surface area contributed by atoms with Gasteiger partial charge in [0.1, 0.15) is 9.21 Å². The number of benzene rings is 1. The van der Waals surface area contributed by atoms with E-state index in [1.807, 2.05) is 6.07 Å². The summed E-state index contributed by atoms with van der Waals surface area (Å²) in [5, 5.41) is 2.67. The smallest absolute Gasteiger partial charge is 0.256 e. The highest BCUT2D eigenvalue weighted by molar-refractivity contribution is 9.11. The van der Waals surface area contributed by atoms with Gasteiger partial charge in [0.05, 0.1) is 6.20 Å². The van der Waals surface area contributed by atoms with E-state index in [4.69, 9.17) is 0 Å². The van der Waals surface area contributed by atoms with Crippen molar-refractivity contribution in [2.75, 3.05) is 5.32 Å². The first-order chi connectivity index (χ1) is 8.16. The minimum absolute atomic E-state index is 0.220. The van der Waals surface area contributed by atoms with Crippen LogP contribution in [0, 0.1) is 0 Å². The molecule has 1 aromatic carbocycles. The minimum Gasteiger partial charge on any atom is -0.304 e. The number of nitrogens with zero attached hydrogens (tertiary/aromatic N) is 2. The Hall–Kier alpha value is -1.27. The summed E-state index contributed by atoms with van der Waals surface area (Å²) in [6.45, 7) is 0. The molecule has 0 fully saturated rings. The SMILES string of the molecule is O=C(Nc1ncc(Br)nc1Br)c1ccccc1. The molecule has 2 rings (SSSR count). The number of nitrogens with one attached hydrogen (secondary N) is 1. The number of carbonyl (C=O) groups excluding carboxylic acids is 1. The van der Waals surface area contributed by atoms with Crippen LogP contribution in [0.1, 0.15) is 10.4 Å². The van der Waals surface area contributed by atoms with Gasteiger partial charge < -0.3 is 5.32 Å². The summed E-state index contributed by atoms with van der Waals surface area (Å²) in [6.07, 6.45) is 1.52. The van der Waals surface area contributed by atoms with Crippen LogP contribution in [0.3, 0.4) is 0 Å². The Morgan fingerprint density at radius 1 is 1.18 bits per heavy atom. The van der Waals surface area contributed by atoms with Crippen LogP contribution in [-0.2, 0) is 0 Å². The summed E-state index contributed by atoms with van der Waals surface area (Å²) in [4.78, 5) is 20.0. The summed E-state index contributed by atoms with van der Waals surface area (Å²) < 4.78 is 1.08. The molecule has 1 N–H and O–H groups in total. The zero-order valence-corrected chi connectivity index (χ0v) is 11.7. The van der Waals surface area contributed by atoms with E-state index in [1.165, 1.54) is 6.20 Å². The molecule has 6 heteroatoms. The third-order valence-electron chi connectivity index (χ3n) is 1.97. The summed E-state index contributed by atoms with van der Waals surface area (Å²) in [6, 6.07) is 8.92. The molecule has 0 saturated heterocycles. The van der Waals surface area contributed by atoms with Crippen LogP contribution in [0.5, 0.6) is 0 Å². The zero-order chi connectivity index (χ0) is 12.3. The molecule has 4 nitrogen and oxygen atoms in total. The maximum atomic E-state index is 11.8. The van der Waals surface area contributed by atoms with Crippen molar-refractivity contribution >= 4 is 43.6 Å². The van der Waals surface area contributed by atoms with E-state index >= 15 is 0 Å². The number of halogens is 2. The first-order valence-electron chi connectivity index (χ1n) is 4.71. The van der Waals surface area contributed by atoms with E-state index < -0.39 is 0 Å². The van der Waals surface area contributed by atoms with Crippen LogP contribution in [0.4, 0.5) is 5.82 Å². The van der Waals surface area contributed by atoms with Gasteiger partial charge in [0.15, 0.2) is 5.82 Å². The van der Waals surface area contributed by atoms with E-state index in [0.29, 0.717) is 20.6 Å². The van der Waals surface area contributed by atoms with Crippen molar-refractivity contribution in [3.05, 3.63) is 51.3 Å². The lowest BCUT2D eigenvalue weighted by atomic mass is 10.2. The Labute approximate surface area is 115 Å². The van der Waals surface area contributed by atoms with Gasteiger partial charge in [-0.05, 0) is 44.0 Å². The lowest BCUT2D eigenvalue weighted by Gasteiger charge is -2.05. The second kappa shape index (κ2) is 5.37. The zero-order valence-electron chi connectivity index (χ0n) is 8.52.